The summed E-state index contributed by atoms with van der Waals surface area (Å²) in [5.74, 6) is 1.94. The number of rotatable bonds is 2. The first-order valence-electron chi connectivity index (χ1n) is 5.05. The molecular weight excluding hydrogens is 268 g/mol. The van der Waals surface area contributed by atoms with Crippen molar-refractivity contribution in [3.63, 3.8) is 0 Å². The monoisotopic (exact) mass is 280 g/mol. The minimum atomic E-state index is 0.346. The van der Waals surface area contributed by atoms with E-state index in [1.165, 1.54) is 0 Å². The van der Waals surface area contributed by atoms with E-state index in [-0.39, 0.29) is 0 Å². The number of hydrogen-bond donors (Lipinski definition) is 2. The van der Waals surface area contributed by atoms with Crippen molar-refractivity contribution in [3.8, 4) is 11.4 Å². The first-order chi connectivity index (χ1) is 7.58. The van der Waals surface area contributed by atoms with Crippen LogP contribution in [0.1, 0.15) is 25.6 Å². The van der Waals surface area contributed by atoms with Crippen molar-refractivity contribution >= 4 is 21.6 Å². The van der Waals surface area contributed by atoms with Crippen molar-refractivity contribution in [2.24, 2.45) is 0 Å². The summed E-state index contributed by atoms with van der Waals surface area (Å²) in [5.41, 5.74) is 7.38. The van der Waals surface area contributed by atoms with Crippen LogP contribution in [0.4, 0.5) is 5.69 Å². The smallest absolute Gasteiger partial charge is 0.181 e. The van der Waals surface area contributed by atoms with Crippen molar-refractivity contribution in [1.82, 2.24) is 15.2 Å². The number of nitrogen functional groups attached to an aromatic ring is 1. The number of H-pyrrole nitrogens is 1. The molecule has 0 aliphatic heterocycles. The van der Waals surface area contributed by atoms with Crippen molar-refractivity contribution in [2.75, 3.05) is 5.73 Å². The topological polar surface area (TPSA) is 67.6 Å². The lowest BCUT2D eigenvalue weighted by atomic mass is 10.2. The second-order valence-electron chi connectivity index (χ2n) is 3.94. The Balaban J connectivity index is 2.39. The van der Waals surface area contributed by atoms with Gasteiger partial charge in [0, 0.05) is 21.6 Å². The van der Waals surface area contributed by atoms with Crippen LogP contribution in [0.25, 0.3) is 11.4 Å². The van der Waals surface area contributed by atoms with Gasteiger partial charge in [-0.3, -0.25) is 5.10 Å². The maximum absolute atomic E-state index is 5.72. The molecule has 2 aromatic rings. The number of nitrogens with one attached hydrogen (secondary N) is 1. The highest BCUT2D eigenvalue weighted by molar-refractivity contribution is 9.10. The Morgan fingerprint density at radius 1 is 1.38 bits per heavy atom. The van der Waals surface area contributed by atoms with Crippen LogP contribution in [0.2, 0.25) is 0 Å². The predicted octanol–water partition coefficient (Wildman–Crippen LogP) is 2.94. The minimum absolute atomic E-state index is 0.346. The highest BCUT2D eigenvalue weighted by atomic mass is 79.9. The van der Waals surface area contributed by atoms with Gasteiger partial charge in [-0.2, -0.15) is 5.10 Å². The summed E-state index contributed by atoms with van der Waals surface area (Å²) in [6.07, 6.45) is 0. The van der Waals surface area contributed by atoms with Gasteiger partial charge in [0.1, 0.15) is 5.82 Å². The molecular formula is C11H13BrN4. The molecule has 0 saturated carbocycles. The Kier molecular flexibility index (Phi) is 2.96. The summed E-state index contributed by atoms with van der Waals surface area (Å²) in [4.78, 5) is 4.42. The van der Waals surface area contributed by atoms with Gasteiger partial charge in [-0.1, -0.05) is 13.8 Å². The van der Waals surface area contributed by atoms with Gasteiger partial charge in [-0.05, 0) is 34.1 Å². The molecule has 4 nitrogen and oxygen atoms in total. The van der Waals surface area contributed by atoms with E-state index in [1.54, 1.807) is 0 Å². The van der Waals surface area contributed by atoms with Crippen LogP contribution >= 0.6 is 15.9 Å². The molecule has 0 radical (unpaired) electrons. The van der Waals surface area contributed by atoms with Crippen molar-refractivity contribution < 1.29 is 0 Å². The number of nitrogens with two attached hydrogens (primary N) is 1. The van der Waals surface area contributed by atoms with Crippen LogP contribution in [0, 0.1) is 0 Å². The second-order valence-corrected chi connectivity index (χ2v) is 4.79. The van der Waals surface area contributed by atoms with Gasteiger partial charge >= 0.3 is 0 Å². The lowest BCUT2D eigenvalue weighted by molar-refractivity contribution is 0.781. The summed E-state index contributed by atoms with van der Waals surface area (Å²) < 4.78 is 0.862. The molecule has 0 unspecified atom stereocenters. The molecule has 16 heavy (non-hydrogen) atoms. The fourth-order valence-corrected chi connectivity index (χ4v) is 1.71. The maximum atomic E-state index is 5.72. The second kappa shape index (κ2) is 4.25. The summed E-state index contributed by atoms with van der Waals surface area (Å²) >= 11 is 3.39. The van der Waals surface area contributed by atoms with Crippen LogP contribution in [-0.4, -0.2) is 15.2 Å². The fourth-order valence-electron chi connectivity index (χ4n) is 1.33. The van der Waals surface area contributed by atoms with Gasteiger partial charge in [0.15, 0.2) is 5.82 Å². The maximum Gasteiger partial charge on any atom is 0.181 e. The van der Waals surface area contributed by atoms with E-state index in [9.17, 15) is 0 Å². The van der Waals surface area contributed by atoms with Crippen molar-refractivity contribution in [2.45, 2.75) is 19.8 Å². The number of benzene rings is 1. The van der Waals surface area contributed by atoms with Gasteiger partial charge in [-0.15, -0.1) is 0 Å². The van der Waals surface area contributed by atoms with Crippen LogP contribution in [-0.2, 0) is 0 Å². The third-order valence-electron chi connectivity index (χ3n) is 2.31. The molecule has 5 heteroatoms. The van der Waals surface area contributed by atoms with E-state index in [0.29, 0.717) is 17.4 Å². The zero-order valence-electron chi connectivity index (χ0n) is 9.16. The van der Waals surface area contributed by atoms with E-state index >= 15 is 0 Å². The molecule has 0 spiro atoms. The summed E-state index contributed by atoms with van der Waals surface area (Å²) in [5, 5.41) is 7.11. The van der Waals surface area contributed by atoms with Crippen LogP contribution in [0.5, 0.6) is 0 Å². The largest absolute Gasteiger partial charge is 0.398 e. The average molecular weight is 281 g/mol. The number of halogens is 1. The van der Waals surface area contributed by atoms with E-state index < -0.39 is 0 Å². The molecule has 0 fully saturated rings. The van der Waals surface area contributed by atoms with Gasteiger partial charge < -0.3 is 5.73 Å². The van der Waals surface area contributed by atoms with Gasteiger partial charge in [0.25, 0.3) is 0 Å². The molecule has 1 heterocycles. The van der Waals surface area contributed by atoms with Crippen LogP contribution < -0.4 is 5.73 Å². The highest BCUT2D eigenvalue weighted by Gasteiger charge is 2.09. The number of hydrogen-bond acceptors (Lipinski definition) is 3. The summed E-state index contributed by atoms with van der Waals surface area (Å²) in [7, 11) is 0. The number of nitrogens with zero attached hydrogens (tertiary/aromatic N) is 2. The van der Waals surface area contributed by atoms with E-state index in [0.717, 1.165) is 15.9 Å². The third kappa shape index (κ3) is 2.09. The zero-order valence-corrected chi connectivity index (χ0v) is 10.7. The Morgan fingerprint density at radius 3 is 2.69 bits per heavy atom. The van der Waals surface area contributed by atoms with Gasteiger partial charge in [-0.25, -0.2) is 4.98 Å². The van der Waals surface area contributed by atoms with Crippen molar-refractivity contribution in [3.05, 3.63) is 28.5 Å². The van der Waals surface area contributed by atoms with E-state index in [1.807, 2.05) is 18.2 Å². The minimum Gasteiger partial charge on any atom is -0.398 e. The Bertz CT molecular complexity index is 504. The molecule has 0 aliphatic rings. The lowest BCUT2D eigenvalue weighted by Gasteiger charge is -2.00. The highest BCUT2D eigenvalue weighted by Crippen LogP contribution is 2.25. The lowest BCUT2D eigenvalue weighted by Crippen LogP contribution is -1.90. The molecule has 2 rings (SSSR count). The fraction of sp³-hybridized carbons (Fsp3) is 0.273. The first kappa shape index (κ1) is 11.1. The number of aromatic nitrogens is 3. The Labute approximate surface area is 102 Å². The molecule has 0 saturated heterocycles. The van der Waals surface area contributed by atoms with Crippen LogP contribution in [0.3, 0.4) is 0 Å². The standard InChI is InChI=1S/C11H13BrN4/c1-6(2)10-14-11(16-15-10)7-3-4-9(13)8(12)5-7/h3-6H,13H2,1-2H3,(H,14,15,16). The normalized spacial score (nSPS) is 11.0. The molecule has 84 valence electrons. The molecule has 3 N–H and O–H groups in total. The van der Waals surface area contributed by atoms with Gasteiger partial charge in [0.05, 0.1) is 0 Å². The molecule has 0 bridgehead atoms. The predicted molar refractivity (Wildman–Crippen MR) is 68.0 cm³/mol. The first-order valence-corrected chi connectivity index (χ1v) is 5.85. The molecule has 1 aromatic heterocycles. The SMILES string of the molecule is CC(C)c1nc(-c2ccc(N)c(Br)c2)n[nH]1. The van der Waals surface area contributed by atoms with Gasteiger partial charge in [0.2, 0.25) is 0 Å². The Hall–Kier alpha value is -1.36. The quantitative estimate of drug-likeness (QED) is 0.831. The molecule has 0 atom stereocenters. The number of anilines is 1. The van der Waals surface area contributed by atoms with E-state index in [4.69, 9.17) is 5.73 Å². The zero-order chi connectivity index (χ0) is 11.7. The number of aromatic amines is 1. The Morgan fingerprint density at radius 2 is 2.12 bits per heavy atom. The van der Waals surface area contributed by atoms with Crippen molar-refractivity contribution in [1.29, 1.82) is 0 Å². The summed E-state index contributed by atoms with van der Waals surface area (Å²) in [6, 6.07) is 5.67. The molecule has 0 aliphatic carbocycles. The molecule has 1 aromatic carbocycles. The third-order valence-corrected chi connectivity index (χ3v) is 2.99. The summed E-state index contributed by atoms with van der Waals surface area (Å²) in [6.45, 7) is 4.15. The molecule has 0 amide bonds. The van der Waals surface area contributed by atoms with Crippen LogP contribution in [0.15, 0.2) is 22.7 Å². The van der Waals surface area contributed by atoms with E-state index in [2.05, 4.69) is 45.0 Å². The average Bonchev–Trinajstić information content (AvgIpc) is 2.71.